The van der Waals surface area contributed by atoms with Crippen LogP contribution in [-0.4, -0.2) is 10.9 Å². The number of aryl methyl sites for hydroxylation is 3. The summed E-state index contributed by atoms with van der Waals surface area (Å²) < 4.78 is 6.20. The van der Waals surface area contributed by atoms with Gasteiger partial charge in [-0.15, -0.1) is 0 Å². The third-order valence-corrected chi connectivity index (χ3v) is 7.09. The molecule has 0 aliphatic heterocycles. The van der Waals surface area contributed by atoms with Crippen LogP contribution < -0.4 is 11.1 Å². The summed E-state index contributed by atoms with van der Waals surface area (Å²) in [5, 5.41) is 16.5. The summed E-state index contributed by atoms with van der Waals surface area (Å²) in [5.41, 5.74) is 14.2. The van der Waals surface area contributed by atoms with Crippen molar-refractivity contribution in [3.05, 3.63) is 94.2 Å². The van der Waals surface area contributed by atoms with Crippen LogP contribution in [0.4, 0.5) is 5.82 Å². The standard InChI is InChI=1S/C31H24N4O2/c1-16-4-7-22(21(10-16)14-32)19-5-8-23-25(12-19)30-26-13-20(6-9-24(26)29(23)37-30)31(36)34-15-27-17(2)11-28(33)35-18(27)3/h4-13H,15H2,1-3H3,(H2,33,35)(H,34,36). The molecule has 3 aromatic heterocycles. The summed E-state index contributed by atoms with van der Waals surface area (Å²) in [5.74, 6) is 0.307. The number of nitriles is 1. The average molecular weight is 485 g/mol. The normalized spacial score (nSPS) is 11.4. The van der Waals surface area contributed by atoms with Gasteiger partial charge in [-0.3, -0.25) is 4.79 Å². The quantitative estimate of drug-likeness (QED) is 0.276. The number of aromatic nitrogens is 1. The van der Waals surface area contributed by atoms with Gasteiger partial charge in [-0.05, 0) is 91.1 Å². The number of anilines is 1. The van der Waals surface area contributed by atoms with Gasteiger partial charge in [0.15, 0.2) is 0 Å². The van der Waals surface area contributed by atoms with Crippen LogP contribution in [0.3, 0.4) is 0 Å². The van der Waals surface area contributed by atoms with E-state index in [9.17, 15) is 10.1 Å². The number of furan rings is 2. The molecule has 3 aromatic carbocycles. The lowest BCUT2D eigenvalue weighted by molar-refractivity contribution is 0.0951. The fraction of sp³-hybridized carbons (Fsp3) is 0.129. The Morgan fingerprint density at radius 2 is 1.68 bits per heavy atom. The molecule has 3 N–H and O–H groups in total. The lowest BCUT2D eigenvalue weighted by atomic mass is 9.95. The number of carbonyl (C=O) groups excluding carboxylic acids is 1. The number of benzene rings is 4. The van der Waals surface area contributed by atoms with E-state index in [4.69, 9.17) is 10.2 Å². The first kappa shape index (κ1) is 22.6. The van der Waals surface area contributed by atoms with Crippen molar-refractivity contribution in [3.63, 3.8) is 0 Å². The van der Waals surface area contributed by atoms with E-state index >= 15 is 0 Å². The number of nitrogen functional groups attached to an aromatic ring is 1. The predicted molar refractivity (Wildman–Crippen MR) is 147 cm³/mol. The number of nitrogens with zero attached hydrogens (tertiary/aromatic N) is 2. The Morgan fingerprint density at radius 3 is 2.43 bits per heavy atom. The number of pyridine rings is 1. The van der Waals surface area contributed by atoms with Gasteiger partial charge in [-0.1, -0.05) is 18.2 Å². The number of hydrogen-bond donors (Lipinski definition) is 2. The zero-order valence-electron chi connectivity index (χ0n) is 20.8. The molecule has 1 amide bonds. The molecule has 0 radical (unpaired) electrons. The summed E-state index contributed by atoms with van der Waals surface area (Å²) in [4.78, 5) is 17.4. The smallest absolute Gasteiger partial charge is 0.251 e. The minimum absolute atomic E-state index is 0.168. The molecule has 6 nitrogen and oxygen atoms in total. The van der Waals surface area contributed by atoms with Crippen molar-refractivity contribution in [1.82, 2.24) is 10.3 Å². The summed E-state index contributed by atoms with van der Waals surface area (Å²) in [6, 6.07) is 21.8. The van der Waals surface area contributed by atoms with Crippen LogP contribution in [0.15, 0.2) is 65.1 Å². The lowest BCUT2D eigenvalue weighted by Gasteiger charge is -2.11. The number of fused-ring (bicyclic) bond motifs is 8. The lowest BCUT2D eigenvalue weighted by Crippen LogP contribution is -2.24. The van der Waals surface area contributed by atoms with Gasteiger partial charge in [-0.2, -0.15) is 5.26 Å². The van der Waals surface area contributed by atoms with E-state index in [-0.39, 0.29) is 5.91 Å². The van der Waals surface area contributed by atoms with Gasteiger partial charge in [0.05, 0.1) is 11.6 Å². The highest BCUT2D eigenvalue weighted by Crippen LogP contribution is 2.42. The number of nitrogens with one attached hydrogen (secondary N) is 1. The number of carbonyl (C=O) groups is 1. The van der Waals surface area contributed by atoms with E-state index in [1.165, 1.54) is 0 Å². The SMILES string of the molecule is Cc1ccc(-c2ccc3c(c2)c2oc3c3ccc(C(=O)NCc4c(C)cc(N)nc4C)cc32)c(C#N)c1. The van der Waals surface area contributed by atoms with Crippen LogP contribution in [0.5, 0.6) is 0 Å². The Morgan fingerprint density at radius 1 is 0.946 bits per heavy atom. The Kier molecular flexibility index (Phi) is 5.09. The first-order valence-electron chi connectivity index (χ1n) is 12.1. The second-order valence-electron chi connectivity index (χ2n) is 9.55. The minimum atomic E-state index is -0.168. The van der Waals surface area contributed by atoms with Crippen molar-refractivity contribution in [3.8, 4) is 17.2 Å². The van der Waals surface area contributed by atoms with E-state index in [1.54, 1.807) is 0 Å². The summed E-state index contributed by atoms with van der Waals surface area (Å²) in [6.45, 7) is 6.21. The molecule has 6 aromatic rings. The van der Waals surface area contributed by atoms with Gasteiger partial charge in [0.1, 0.15) is 17.0 Å². The zero-order valence-corrected chi connectivity index (χ0v) is 20.8. The molecule has 0 atom stereocenters. The van der Waals surface area contributed by atoms with Crippen molar-refractivity contribution in [1.29, 1.82) is 5.26 Å². The fourth-order valence-electron chi connectivity index (χ4n) is 5.21. The van der Waals surface area contributed by atoms with E-state index < -0.39 is 0 Å². The van der Waals surface area contributed by atoms with Gasteiger partial charge in [0, 0.05) is 39.3 Å². The Hall–Kier alpha value is -4.89. The van der Waals surface area contributed by atoms with Crippen molar-refractivity contribution >= 4 is 44.4 Å². The van der Waals surface area contributed by atoms with Crippen LogP contribution >= 0.6 is 0 Å². The summed E-state index contributed by atoms with van der Waals surface area (Å²) in [6.07, 6.45) is 0. The molecule has 0 fully saturated rings. The van der Waals surface area contributed by atoms with E-state index in [0.29, 0.717) is 23.5 Å². The maximum absolute atomic E-state index is 13.1. The van der Waals surface area contributed by atoms with Crippen LogP contribution in [0.1, 0.15) is 38.3 Å². The predicted octanol–water partition coefficient (Wildman–Crippen LogP) is 6.55. The van der Waals surface area contributed by atoms with Gasteiger partial charge < -0.3 is 15.5 Å². The van der Waals surface area contributed by atoms with Gasteiger partial charge in [0.2, 0.25) is 0 Å². The molecular formula is C31H24N4O2. The molecule has 37 heavy (non-hydrogen) atoms. The van der Waals surface area contributed by atoms with Crippen molar-refractivity contribution in [2.45, 2.75) is 27.3 Å². The summed E-state index contributed by atoms with van der Waals surface area (Å²) in [7, 11) is 0. The molecule has 0 aliphatic rings. The molecule has 180 valence electrons. The molecule has 0 unspecified atom stereocenters. The molecule has 6 rings (SSSR count). The summed E-state index contributed by atoms with van der Waals surface area (Å²) >= 11 is 0. The van der Waals surface area contributed by atoms with Crippen LogP contribution in [0.25, 0.3) is 43.8 Å². The largest absolute Gasteiger partial charge is 0.455 e. The molecule has 6 heteroatoms. The maximum atomic E-state index is 13.1. The molecule has 3 heterocycles. The highest BCUT2D eigenvalue weighted by atomic mass is 16.3. The Balaban J connectivity index is 1.37. The van der Waals surface area contributed by atoms with Crippen LogP contribution in [0.2, 0.25) is 0 Å². The molecule has 0 saturated heterocycles. The first-order valence-corrected chi connectivity index (χ1v) is 12.1. The maximum Gasteiger partial charge on any atom is 0.251 e. The Labute approximate surface area is 213 Å². The minimum Gasteiger partial charge on any atom is -0.455 e. The second kappa shape index (κ2) is 8.35. The molecular weight excluding hydrogens is 460 g/mol. The van der Waals surface area contributed by atoms with Crippen LogP contribution in [0, 0.1) is 32.1 Å². The Bertz CT molecular complexity index is 1890. The van der Waals surface area contributed by atoms with Gasteiger partial charge in [-0.25, -0.2) is 4.98 Å². The van der Waals surface area contributed by atoms with Gasteiger partial charge >= 0.3 is 0 Å². The monoisotopic (exact) mass is 484 g/mol. The van der Waals surface area contributed by atoms with E-state index in [0.717, 1.165) is 66.2 Å². The number of amides is 1. The number of hydrogen-bond acceptors (Lipinski definition) is 5. The highest BCUT2D eigenvalue weighted by Gasteiger charge is 2.20. The second-order valence-corrected chi connectivity index (χ2v) is 9.55. The van der Waals surface area contributed by atoms with Gasteiger partial charge in [0.25, 0.3) is 5.91 Å². The molecule has 0 spiro atoms. The van der Waals surface area contributed by atoms with Crippen molar-refractivity contribution in [2.75, 3.05) is 5.73 Å². The number of rotatable bonds is 4. The number of nitrogens with two attached hydrogens (primary N) is 1. The van der Waals surface area contributed by atoms with Crippen molar-refractivity contribution in [2.24, 2.45) is 0 Å². The zero-order chi connectivity index (χ0) is 25.8. The highest BCUT2D eigenvalue weighted by molar-refractivity contribution is 6.26. The van der Waals surface area contributed by atoms with Crippen LogP contribution in [-0.2, 0) is 6.54 Å². The molecule has 0 aliphatic carbocycles. The van der Waals surface area contributed by atoms with E-state index in [2.05, 4.69) is 22.4 Å². The molecule has 2 bridgehead atoms. The first-order chi connectivity index (χ1) is 17.8. The third-order valence-electron chi connectivity index (χ3n) is 7.09. The van der Waals surface area contributed by atoms with E-state index in [1.807, 2.05) is 75.4 Å². The van der Waals surface area contributed by atoms with Crippen molar-refractivity contribution < 1.29 is 9.21 Å². The fourth-order valence-corrected chi connectivity index (χ4v) is 5.21. The third kappa shape index (κ3) is 3.64. The topological polar surface area (TPSA) is 105 Å². The average Bonchev–Trinajstić information content (AvgIpc) is 3.44. The molecule has 0 saturated carbocycles.